The molecule has 0 spiro atoms. The molecule has 104 valence electrons. The molecule has 2 N–H and O–H groups in total. The second kappa shape index (κ2) is 5.52. The van der Waals surface area contributed by atoms with Crippen LogP contribution in [0.15, 0.2) is 12.1 Å². The second-order valence-electron chi connectivity index (χ2n) is 4.67. The average molecular weight is 271 g/mol. The molecule has 1 aromatic rings. The summed E-state index contributed by atoms with van der Waals surface area (Å²) in [7, 11) is 0. The predicted molar refractivity (Wildman–Crippen MR) is 65.4 cm³/mol. The van der Waals surface area contributed by atoms with E-state index in [2.05, 4.69) is 5.32 Å². The van der Waals surface area contributed by atoms with Crippen molar-refractivity contribution in [2.24, 2.45) is 0 Å². The third kappa shape index (κ3) is 3.20. The summed E-state index contributed by atoms with van der Waals surface area (Å²) >= 11 is 0. The van der Waals surface area contributed by atoms with Gasteiger partial charge in [0.25, 0.3) is 0 Å². The monoisotopic (exact) mass is 271 g/mol. The Morgan fingerprint density at radius 3 is 2.58 bits per heavy atom. The van der Waals surface area contributed by atoms with E-state index in [0.29, 0.717) is 19.4 Å². The second-order valence-corrected chi connectivity index (χ2v) is 4.67. The Bertz CT molecular complexity index is 470. The molecule has 1 saturated heterocycles. The van der Waals surface area contributed by atoms with Crippen molar-refractivity contribution in [3.05, 3.63) is 29.3 Å². The van der Waals surface area contributed by atoms with Gasteiger partial charge in [-0.3, -0.25) is 0 Å². The molecule has 4 nitrogen and oxygen atoms in total. The van der Waals surface area contributed by atoms with Gasteiger partial charge in [-0.25, -0.2) is 13.6 Å². The number of ether oxygens (including phenoxy) is 1. The molecule has 0 radical (unpaired) electrons. The van der Waals surface area contributed by atoms with E-state index < -0.39 is 23.2 Å². The molecule has 2 atom stereocenters. The van der Waals surface area contributed by atoms with Gasteiger partial charge in [0, 0.05) is 12.6 Å². The summed E-state index contributed by atoms with van der Waals surface area (Å²) in [6.45, 7) is 2.43. The van der Waals surface area contributed by atoms with E-state index in [-0.39, 0.29) is 17.8 Å². The molecule has 2 unspecified atom stereocenters. The van der Waals surface area contributed by atoms with Gasteiger partial charge >= 0.3 is 5.97 Å². The first-order valence-corrected chi connectivity index (χ1v) is 6.08. The third-order valence-corrected chi connectivity index (χ3v) is 3.12. The Kier molecular flexibility index (Phi) is 3.99. The van der Waals surface area contributed by atoms with Crippen LogP contribution in [0.5, 0.6) is 0 Å². The SMILES string of the molecule is CC1CC(Nc2c(F)cc(C(=O)O)cc2F)CCO1. The molecule has 19 heavy (non-hydrogen) atoms. The summed E-state index contributed by atoms with van der Waals surface area (Å²) in [5, 5.41) is 11.5. The van der Waals surface area contributed by atoms with Gasteiger partial charge in [-0.1, -0.05) is 0 Å². The number of rotatable bonds is 3. The maximum absolute atomic E-state index is 13.7. The van der Waals surface area contributed by atoms with Crippen LogP contribution in [0.2, 0.25) is 0 Å². The highest BCUT2D eigenvalue weighted by Crippen LogP contribution is 2.25. The molecule has 0 aromatic heterocycles. The molecule has 2 rings (SSSR count). The summed E-state index contributed by atoms with van der Waals surface area (Å²) in [5.74, 6) is -3.14. The average Bonchev–Trinajstić information content (AvgIpc) is 2.33. The van der Waals surface area contributed by atoms with Crippen molar-refractivity contribution in [3.63, 3.8) is 0 Å². The summed E-state index contributed by atoms with van der Waals surface area (Å²) in [4.78, 5) is 10.7. The van der Waals surface area contributed by atoms with Gasteiger partial charge in [-0.15, -0.1) is 0 Å². The lowest BCUT2D eigenvalue weighted by atomic mass is 10.0. The first kappa shape index (κ1) is 13.7. The summed E-state index contributed by atoms with van der Waals surface area (Å²) in [5.41, 5.74) is -0.676. The molecule has 0 aliphatic carbocycles. The van der Waals surface area contributed by atoms with Crippen LogP contribution < -0.4 is 5.32 Å². The van der Waals surface area contributed by atoms with Crippen LogP contribution >= 0.6 is 0 Å². The van der Waals surface area contributed by atoms with Crippen molar-refractivity contribution >= 4 is 11.7 Å². The van der Waals surface area contributed by atoms with E-state index in [0.717, 1.165) is 12.1 Å². The molecule has 1 aliphatic rings. The molecular formula is C13H15F2NO3. The minimum absolute atomic E-state index is 0.0377. The summed E-state index contributed by atoms with van der Waals surface area (Å²) < 4.78 is 32.8. The fraction of sp³-hybridized carbons (Fsp3) is 0.462. The smallest absolute Gasteiger partial charge is 0.335 e. The Labute approximate surface area is 109 Å². The minimum atomic E-state index is -1.36. The molecule has 6 heteroatoms. The quantitative estimate of drug-likeness (QED) is 0.887. The van der Waals surface area contributed by atoms with Crippen LogP contribution in [0, 0.1) is 11.6 Å². The van der Waals surface area contributed by atoms with E-state index in [4.69, 9.17) is 9.84 Å². The summed E-state index contributed by atoms with van der Waals surface area (Å²) in [6.07, 6.45) is 1.35. The van der Waals surface area contributed by atoms with E-state index in [1.807, 2.05) is 6.92 Å². The van der Waals surface area contributed by atoms with E-state index >= 15 is 0 Å². The van der Waals surface area contributed by atoms with Gasteiger partial charge in [0.1, 0.15) is 17.3 Å². The van der Waals surface area contributed by atoms with E-state index in [9.17, 15) is 13.6 Å². The highest BCUT2D eigenvalue weighted by Gasteiger charge is 2.22. The van der Waals surface area contributed by atoms with Crippen molar-refractivity contribution in [2.75, 3.05) is 11.9 Å². The van der Waals surface area contributed by atoms with Gasteiger partial charge in [0.05, 0.1) is 11.7 Å². The van der Waals surface area contributed by atoms with Gasteiger partial charge < -0.3 is 15.2 Å². The zero-order valence-electron chi connectivity index (χ0n) is 10.5. The third-order valence-electron chi connectivity index (χ3n) is 3.12. The van der Waals surface area contributed by atoms with Crippen molar-refractivity contribution in [1.82, 2.24) is 0 Å². The lowest BCUT2D eigenvalue weighted by Gasteiger charge is -2.29. The lowest BCUT2D eigenvalue weighted by Crippen LogP contribution is -2.33. The predicted octanol–water partition coefficient (Wildman–Crippen LogP) is 2.64. The van der Waals surface area contributed by atoms with Gasteiger partial charge in [-0.2, -0.15) is 0 Å². The lowest BCUT2D eigenvalue weighted by molar-refractivity contribution is 0.0231. The number of nitrogens with one attached hydrogen (secondary N) is 1. The van der Waals surface area contributed by atoms with Crippen LogP contribution in [0.3, 0.4) is 0 Å². The molecule has 1 aliphatic heterocycles. The summed E-state index contributed by atoms with van der Waals surface area (Å²) in [6, 6.07) is 1.55. The van der Waals surface area contributed by atoms with E-state index in [1.54, 1.807) is 0 Å². The Balaban J connectivity index is 2.18. The van der Waals surface area contributed by atoms with Gasteiger partial charge in [0.2, 0.25) is 0 Å². The molecule has 0 saturated carbocycles. The molecular weight excluding hydrogens is 256 g/mol. The van der Waals surface area contributed by atoms with E-state index in [1.165, 1.54) is 0 Å². The standard InChI is InChI=1S/C13H15F2NO3/c1-7-4-9(2-3-19-7)16-12-10(14)5-8(13(17)18)6-11(12)15/h5-7,9,16H,2-4H2,1H3,(H,17,18). The van der Waals surface area contributed by atoms with Crippen molar-refractivity contribution in [2.45, 2.75) is 31.9 Å². The zero-order valence-corrected chi connectivity index (χ0v) is 10.5. The van der Waals surface area contributed by atoms with Gasteiger partial charge in [0.15, 0.2) is 0 Å². The number of aromatic carboxylic acids is 1. The highest BCUT2D eigenvalue weighted by atomic mass is 19.1. The van der Waals surface area contributed by atoms with Crippen molar-refractivity contribution in [1.29, 1.82) is 0 Å². The highest BCUT2D eigenvalue weighted by molar-refractivity contribution is 5.88. The number of hydrogen-bond donors (Lipinski definition) is 2. The molecule has 1 fully saturated rings. The molecule has 1 aromatic carbocycles. The van der Waals surface area contributed by atoms with Crippen molar-refractivity contribution in [3.8, 4) is 0 Å². The number of carboxylic acids is 1. The van der Waals surface area contributed by atoms with Crippen LogP contribution in [0.25, 0.3) is 0 Å². The first-order valence-electron chi connectivity index (χ1n) is 6.08. The fourth-order valence-electron chi connectivity index (χ4n) is 2.17. The Morgan fingerprint density at radius 2 is 2.05 bits per heavy atom. The Hall–Kier alpha value is -1.69. The van der Waals surface area contributed by atoms with Crippen molar-refractivity contribution < 1.29 is 23.4 Å². The largest absolute Gasteiger partial charge is 0.478 e. The molecule has 1 heterocycles. The maximum Gasteiger partial charge on any atom is 0.335 e. The molecule has 0 bridgehead atoms. The van der Waals surface area contributed by atoms with Gasteiger partial charge in [-0.05, 0) is 31.9 Å². The number of hydrogen-bond acceptors (Lipinski definition) is 3. The number of carbonyl (C=O) groups is 1. The maximum atomic E-state index is 13.7. The fourth-order valence-corrected chi connectivity index (χ4v) is 2.17. The topological polar surface area (TPSA) is 58.6 Å². The number of halogens is 2. The zero-order chi connectivity index (χ0) is 14.0. The van der Waals surface area contributed by atoms with Crippen LogP contribution in [0.4, 0.5) is 14.5 Å². The van der Waals surface area contributed by atoms with Crippen LogP contribution in [0.1, 0.15) is 30.1 Å². The normalized spacial score (nSPS) is 23.1. The first-order chi connectivity index (χ1) is 8.97. The van der Waals surface area contributed by atoms with Crippen LogP contribution in [-0.4, -0.2) is 29.8 Å². The minimum Gasteiger partial charge on any atom is -0.478 e. The van der Waals surface area contributed by atoms with Crippen LogP contribution in [-0.2, 0) is 4.74 Å². The number of carboxylic acid groups (broad SMARTS) is 1. The molecule has 0 amide bonds. The Morgan fingerprint density at radius 1 is 1.42 bits per heavy atom. The number of anilines is 1. The number of benzene rings is 1.